The first kappa shape index (κ1) is 17.5. The van der Waals surface area contributed by atoms with Crippen molar-refractivity contribution in [2.45, 2.75) is 4.90 Å². The molecule has 1 aliphatic heterocycles. The maximum atomic E-state index is 12.7. The number of carbonyl (C=O) groups is 1. The van der Waals surface area contributed by atoms with Crippen molar-refractivity contribution in [1.82, 2.24) is 9.21 Å². The molecule has 1 heterocycles. The van der Waals surface area contributed by atoms with Crippen molar-refractivity contribution in [2.75, 3.05) is 40.4 Å². The molecule has 9 heteroatoms. The van der Waals surface area contributed by atoms with E-state index in [-0.39, 0.29) is 39.5 Å². The van der Waals surface area contributed by atoms with Gasteiger partial charge in [-0.3, -0.25) is 4.79 Å². The van der Waals surface area contributed by atoms with Gasteiger partial charge in [-0.1, -0.05) is 23.2 Å². The Labute approximate surface area is 139 Å². The third-order valence-electron chi connectivity index (χ3n) is 3.25. The van der Waals surface area contributed by atoms with Crippen LogP contribution in [0.4, 0.5) is 0 Å². The van der Waals surface area contributed by atoms with Crippen LogP contribution in [0.2, 0.25) is 10.0 Å². The van der Waals surface area contributed by atoms with Crippen LogP contribution >= 0.6 is 23.2 Å². The molecular formula is C13H16Cl2N2O4S. The normalized spacial score (nSPS) is 16.5. The molecule has 1 aliphatic rings. The predicted molar refractivity (Wildman–Crippen MR) is 84.1 cm³/mol. The van der Waals surface area contributed by atoms with E-state index in [2.05, 4.69) is 0 Å². The van der Waals surface area contributed by atoms with Gasteiger partial charge in [-0.25, -0.2) is 8.42 Å². The van der Waals surface area contributed by atoms with Crippen LogP contribution in [0.25, 0.3) is 0 Å². The highest BCUT2D eigenvalue weighted by molar-refractivity contribution is 7.89. The van der Waals surface area contributed by atoms with Gasteiger partial charge in [0.15, 0.2) is 0 Å². The molecule has 2 rings (SSSR count). The fourth-order valence-corrected chi connectivity index (χ4v) is 4.29. The van der Waals surface area contributed by atoms with Gasteiger partial charge in [0, 0.05) is 27.2 Å². The van der Waals surface area contributed by atoms with Crippen molar-refractivity contribution in [3.05, 3.63) is 27.7 Å². The lowest BCUT2D eigenvalue weighted by atomic mass is 10.2. The van der Waals surface area contributed by atoms with Crippen LogP contribution in [-0.2, 0) is 14.8 Å². The van der Waals surface area contributed by atoms with Gasteiger partial charge in [-0.2, -0.15) is 4.31 Å². The van der Waals surface area contributed by atoms with Crippen molar-refractivity contribution >= 4 is 39.1 Å². The Morgan fingerprint density at radius 1 is 1.18 bits per heavy atom. The molecule has 0 aromatic heterocycles. The van der Waals surface area contributed by atoms with Gasteiger partial charge < -0.3 is 9.64 Å². The third kappa shape index (κ3) is 3.38. The molecular weight excluding hydrogens is 351 g/mol. The third-order valence-corrected chi connectivity index (χ3v) is 5.92. The van der Waals surface area contributed by atoms with E-state index in [1.165, 1.54) is 21.3 Å². The fraction of sp³-hybridized carbons (Fsp3) is 0.462. The van der Waals surface area contributed by atoms with E-state index in [1.807, 2.05) is 0 Å². The summed E-state index contributed by atoms with van der Waals surface area (Å²) >= 11 is 12.1. The lowest BCUT2D eigenvalue weighted by Gasteiger charge is -2.26. The highest BCUT2D eigenvalue weighted by Crippen LogP contribution is 2.31. The number of amides is 1. The summed E-state index contributed by atoms with van der Waals surface area (Å²) in [7, 11) is -0.681. The molecule has 0 saturated carbocycles. The van der Waals surface area contributed by atoms with Crippen molar-refractivity contribution in [3.8, 4) is 0 Å². The summed E-state index contributed by atoms with van der Waals surface area (Å²) < 4.78 is 31.8. The molecule has 1 amide bonds. The van der Waals surface area contributed by atoms with Gasteiger partial charge in [0.05, 0.1) is 28.8 Å². The lowest BCUT2D eigenvalue weighted by Crippen LogP contribution is -2.40. The maximum absolute atomic E-state index is 12.7. The van der Waals surface area contributed by atoms with Gasteiger partial charge in [-0.05, 0) is 12.1 Å². The second-order valence-corrected chi connectivity index (χ2v) is 7.70. The Morgan fingerprint density at radius 2 is 1.77 bits per heavy atom. The lowest BCUT2D eigenvalue weighted by molar-refractivity contribution is 0.0730. The molecule has 1 aromatic carbocycles. The summed E-state index contributed by atoms with van der Waals surface area (Å²) in [5.41, 5.74) is 0.0999. The predicted octanol–water partition coefficient (Wildman–Crippen LogP) is 1.72. The van der Waals surface area contributed by atoms with E-state index in [4.69, 9.17) is 27.9 Å². The van der Waals surface area contributed by atoms with Crippen LogP contribution in [0.3, 0.4) is 0 Å². The molecule has 1 fully saturated rings. The van der Waals surface area contributed by atoms with Crippen LogP contribution in [0.1, 0.15) is 10.4 Å². The SMILES string of the molecule is CN(C)C(=O)c1cc(S(=O)(=O)N2CCOCC2)c(Cl)cc1Cl. The van der Waals surface area contributed by atoms with Crippen LogP contribution in [0.15, 0.2) is 17.0 Å². The number of hydrogen-bond acceptors (Lipinski definition) is 4. The molecule has 0 spiro atoms. The molecule has 1 aromatic rings. The zero-order valence-electron chi connectivity index (χ0n) is 12.2. The fourth-order valence-electron chi connectivity index (χ4n) is 2.06. The molecule has 0 N–H and O–H groups in total. The topological polar surface area (TPSA) is 66.9 Å². The number of ether oxygens (including phenoxy) is 1. The van der Waals surface area contributed by atoms with Gasteiger partial charge in [-0.15, -0.1) is 0 Å². The number of carbonyl (C=O) groups excluding carboxylic acids is 1. The van der Waals surface area contributed by atoms with Crippen molar-refractivity contribution in [3.63, 3.8) is 0 Å². The monoisotopic (exact) mass is 366 g/mol. The van der Waals surface area contributed by atoms with Crippen LogP contribution in [-0.4, -0.2) is 63.9 Å². The van der Waals surface area contributed by atoms with Gasteiger partial charge in [0.1, 0.15) is 4.90 Å². The molecule has 1 saturated heterocycles. The minimum absolute atomic E-state index is 0.00759. The van der Waals surface area contributed by atoms with E-state index >= 15 is 0 Å². The second-order valence-electron chi connectivity index (χ2n) is 4.98. The van der Waals surface area contributed by atoms with Gasteiger partial charge in [0.2, 0.25) is 10.0 Å². The molecule has 0 aliphatic carbocycles. The first-order valence-corrected chi connectivity index (χ1v) is 8.73. The molecule has 0 bridgehead atoms. The largest absolute Gasteiger partial charge is 0.379 e. The molecule has 22 heavy (non-hydrogen) atoms. The smallest absolute Gasteiger partial charge is 0.254 e. The maximum Gasteiger partial charge on any atom is 0.254 e. The summed E-state index contributed by atoms with van der Waals surface area (Å²) in [5, 5.41) is 0.108. The summed E-state index contributed by atoms with van der Waals surface area (Å²) in [4.78, 5) is 13.3. The van der Waals surface area contributed by atoms with E-state index in [0.717, 1.165) is 0 Å². The van der Waals surface area contributed by atoms with Crippen molar-refractivity contribution in [2.24, 2.45) is 0 Å². The number of nitrogens with zero attached hydrogens (tertiary/aromatic N) is 2. The zero-order chi connectivity index (χ0) is 16.5. The van der Waals surface area contributed by atoms with Crippen LogP contribution in [0.5, 0.6) is 0 Å². The first-order valence-electron chi connectivity index (χ1n) is 6.53. The Kier molecular flexibility index (Phi) is 5.34. The van der Waals surface area contributed by atoms with E-state index in [0.29, 0.717) is 13.2 Å². The van der Waals surface area contributed by atoms with Gasteiger partial charge in [0.25, 0.3) is 5.91 Å². The Balaban J connectivity index is 2.50. The first-order chi connectivity index (χ1) is 10.2. The van der Waals surface area contributed by atoms with Crippen molar-refractivity contribution < 1.29 is 17.9 Å². The second kappa shape index (κ2) is 6.72. The average molecular weight is 367 g/mol. The minimum Gasteiger partial charge on any atom is -0.379 e. The van der Waals surface area contributed by atoms with Gasteiger partial charge >= 0.3 is 0 Å². The number of rotatable bonds is 3. The Bertz CT molecular complexity index is 686. The Morgan fingerprint density at radius 3 is 2.32 bits per heavy atom. The Hall–Kier alpha value is -0.860. The highest BCUT2D eigenvalue weighted by atomic mass is 35.5. The molecule has 6 nitrogen and oxygen atoms in total. The average Bonchev–Trinajstić information content (AvgIpc) is 2.47. The number of halogens is 2. The number of benzene rings is 1. The van der Waals surface area contributed by atoms with Crippen molar-refractivity contribution in [1.29, 1.82) is 0 Å². The summed E-state index contributed by atoms with van der Waals surface area (Å²) in [5.74, 6) is -0.389. The highest BCUT2D eigenvalue weighted by Gasteiger charge is 2.30. The quantitative estimate of drug-likeness (QED) is 0.816. The zero-order valence-corrected chi connectivity index (χ0v) is 14.5. The summed E-state index contributed by atoms with van der Waals surface area (Å²) in [6.45, 7) is 1.15. The summed E-state index contributed by atoms with van der Waals surface area (Å²) in [6, 6.07) is 2.52. The number of hydrogen-bond donors (Lipinski definition) is 0. The standard InChI is InChI=1S/C13H16Cl2N2O4S/c1-16(2)13(18)9-7-12(11(15)8-10(9)14)22(19,20)17-3-5-21-6-4-17/h7-8H,3-6H2,1-2H3. The minimum atomic E-state index is -3.80. The van der Waals surface area contributed by atoms with E-state index < -0.39 is 10.0 Å². The van der Waals surface area contributed by atoms with E-state index in [1.54, 1.807) is 14.1 Å². The molecule has 0 unspecified atom stereocenters. The van der Waals surface area contributed by atoms with E-state index in [9.17, 15) is 13.2 Å². The number of sulfonamides is 1. The molecule has 122 valence electrons. The molecule has 0 atom stereocenters. The number of morpholine rings is 1. The van der Waals surface area contributed by atoms with Crippen LogP contribution in [0, 0.1) is 0 Å². The molecule has 0 radical (unpaired) electrons. The van der Waals surface area contributed by atoms with Crippen LogP contribution < -0.4 is 0 Å². The summed E-state index contributed by atoms with van der Waals surface area (Å²) in [6.07, 6.45) is 0.